The van der Waals surface area contributed by atoms with Gasteiger partial charge < -0.3 is 15.0 Å². The van der Waals surface area contributed by atoms with Crippen molar-refractivity contribution in [3.63, 3.8) is 0 Å². The summed E-state index contributed by atoms with van der Waals surface area (Å²) < 4.78 is 5.66. The summed E-state index contributed by atoms with van der Waals surface area (Å²) in [6.45, 7) is 5.84. The second kappa shape index (κ2) is 6.71. The third-order valence-electron chi connectivity index (χ3n) is 4.90. The second-order valence-corrected chi connectivity index (χ2v) is 5.95. The number of rotatable bonds is 3. The smallest absolute Gasteiger partial charge is 0.254 e. The first-order valence-electron chi connectivity index (χ1n) is 7.77. The van der Waals surface area contributed by atoms with Gasteiger partial charge in [0, 0.05) is 20.2 Å². The largest absolute Gasteiger partial charge is 0.368 e. The van der Waals surface area contributed by atoms with Crippen LogP contribution in [0.25, 0.3) is 0 Å². The maximum absolute atomic E-state index is 12.8. The number of piperidine rings is 1. The van der Waals surface area contributed by atoms with Gasteiger partial charge in [-0.05, 0) is 51.1 Å². The molecule has 110 valence electrons. The molecule has 1 amide bonds. The van der Waals surface area contributed by atoms with Crippen molar-refractivity contribution in [2.45, 2.75) is 51.0 Å². The van der Waals surface area contributed by atoms with Crippen molar-refractivity contribution in [1.29, 1.82) is 0 Å². The van der Waals surface area contributed by atoms with Gasteiger partial charge in [0.2, 0.25) is 0 Å². The van der Waals surface area contributed by atoms with Crippen LogP contribution >= 0.6 is 0 Å². The summed E-state index contributed by atoms with van der Waals surface area (Å²) in [5.74, 6) is 1.03. The molecule has 1 unspecified atom stereocenters. The van der Waals surface area contributed by atoms with Crippen molar-refractivity contribution >= 4 is 5.91 Å². The lowest BCUT2D eigenvalue weighted by molar-refractivity contribution is -0.158. The number of hydrogen-bond acceptors (Lipinski definition) is 3. The number of carbonyl (C=O) groups is 1. The van der Waals surface area contributed by atoms with Gasteiger partial charge in [-0.1, -0.05) is 13.3 Å². The number of ether oxygens (including phenoxy) is 1. The van der Waals surface area contributed by atoms with Crippen LogP contribution in [0.1, 0.15) is 45.4 Å². The monoisotopic (exact) mass is 268 g/mol. The fourth-order valence-corrected chi connectivity index (χ4v) is 3.40. The van der Waals surface area contributed by atoms with Crippen molar-refractivity contribution in [3.05, 3.63) is 0 Å². The average Bonchev–Trinajstić information content (AvgIpc) is 2.72. The van der Waals surface area contributed by atoms with E-state index >= 15 is 0 Å². The van der Waals surface area contributed by atoms with Crippen LogP contribution in [0, 0.1) is 5.92 Å². The van der Waals surface area contributed by atoms with Crippen LogP contribution in [0.3, 0.4) is 0 Å². The number of nitrogens with one attached hydrogen (secondary N) is 1. The molecule has 2 fully saturated rings. The highest BCUT2D eigenvalue weighted by molar-refractivity contribution is 5.85. The first-order valence-corrected chi connectivity index (χ1v) is 7.77. The third-order valence-corrected chi connectivity index (χ3v) is 4.90. The highest BCUT2D eigenvalue weighted by atomic mass is 16.5. The minimum atomic E-state index is -0.558. The zero-order chi connectivity index (χ0) is 13.7. The van der Waals surface area contributed by atoms with E-state index in [4.69, 9.17) is 4.74 Å². The topological polar surface area (TPSA) is 41.6 Å². The van der Waals surface area contributed by atoms with Crippen molar-refractivity contribution in [2.75, 3.05) is 33.3 Å². The molecule has 2 aliphatic heterocycles. The molecule has 0 aromatic rings. The van der Waals surface area contributed by atoms with Gasteiger partial charge in [-0.25, -0.2) is 0 Å². The summed E-state index contributed by atoms with van der Waals surface area (Å²) in [7, 11) is 1.69. The first-order chi connectivity index (χ1) is 9.22. The molecule has 0 aromatic heterocycles. The van der Waals surface area contributed by atoms with E-state index in [-0.39, 0.29) is 5.91 Å². The molecule has 19 heavy (non-hydrogen) atoms. The molecule has 0 bridgehead atoms. The summed E-state index contributed by atoms with van der Waals surface area (Å²) in [6.07, 6.45) is 6.40. The Morgan fingerprint density at radius 2 is 2.05 bits per heavy atom. The van der Waals surface area contributed by atoms with E-state index in [1.807, 2.05) is 0 Å². The van der Waals surface area contributed by atoms with E-state index in [0.29, 0.717) is 0 Å². The third kappa shape index (κ3) is 3.29. The predicted octanol–water partition coefficient (Wildman–Crippen LogP) is 1.79. The van der Waals surface area contributed by atoms with Gasteiger partial charge in [0.05, 0.1) is 0 Å². The van der Waals surface area contributed by atoms with Crippen molar-refractivity contribution in [1.82, 2.24) is 10.2 Å². The summed E-state index contributed by atoms with van der Waals surface area (Å²) in [5.41, 5.74) is -0.558. The number of amides is 1. The Hall–Kier alpha value is -0.610. The molecular weight excluding hydrogens is 240 g/mol. The summed E-state index contributed by atoms with van der Waals surface area (Å²) in [5, 5.41) is 3.31. The van der Waals surface area contributed by atoms with Gasteiger partial charge in [-0.15, -0.1) is 0 Å². The van der Waals surface area contributed by atoms with Crippen LogP contribution in [0.5, 0.6) is 0 Å². The molecule has 2 rings (SSSR count). The molecule has 1 atom stereocenters. The molecule has 0 radical (unpaired) electrons. The Labute approximate surface area is 116 Å². The minimum Gasteiger partial charge on any atom is -0.368 e. The molecule has 4 nitrogen and oxygen atoms in total. The van der Waals surface area contributed by atoms with E-state index in [0.717, 1.165) is 57.8 Å². The fourth-order valence-electron chi connectivity index (χ4n) is 3.40. The number of hydrogen-bond donors (Lipinski definition) is 1. The normalized spacial score (nSPS) is 27.9. The van der Waals surface area contributed by atoms with Crippen molar-refractivity contribution in [3.8, 4) is 0 Å². The standard InChI is InChI=1S/C15H28N2O2/c1-3-13-5-4-11-17(12-6-13)14(18)15(19-2)7-9-16-10-8-15/h13,16H,3-12H2,1-2H3. The van der Waals surface area contributed by atoms with Crippen LogP contribution in [0.15, 0.2) is 0 Å². The molecule has 2 heterocycles. The minimum absolute atomic E-state index is 0.230. The van der Waals surface area contributed by atoms with Gasteiger partial charge in [0.25, 0.3) is 5.91 Å². The Bertz CT molecular complexity index is 301. The van der Waals surface area contributed by atoms with E-state index in [2.05, 4.69) is 17.1 Å². The fraction of sp³-hybridized carbons (Fsp3) is 0.933. The van der Waals surface area contributed by atoms with Gasteiger partial charge in [-0.2, -0.15) is 0 Å². The Morgan fingerprint density at radius 3 is 2.68 bits per heavy atom. The number of likely N-dealkylation sites (tertiary alicyclic amines) is 1. The van der Waals surface area contributed by atoms with Crippen LogP contribution in [0.2, 0.25) is 0 Å². The van der Waals surface area contributed by atoms with Crippen LogP contribution in [-0.4, -0.2) is 49.7 Å². The number of nitrogens with zero attached hydrogens (tertiary/aromatic N) is 1. The summed E-state index contributed by atoms with van der Waals surface area (Å²) >= 11 is 0. The van der Waals surface area contributed by atoms with Gasteiger partial charge in [-0.3, -0.25) is 4.79 Å². The van der Waals surface area contributed by atoms with Gasteiger partial charge >= 0.3 is 0 Å². The highest BCUT2D eigenvalue weighted by Gasteiger charge is 2.42. The van der Waals surface area contributed by atoms with E-state index < -0.39 is 5.60 Å². The van der Waals surface area contributed by atoms with Gasteiger partial charge in [0.15, 0.2) is 0 Å². The Balaban J connectivity index is 2.01. The summed E-state index contributed by atoms with van der Waals surface area (Å²) in [6, 6.07) is 0. The maximum atomic E-state index is 12.8. The Morgan fingerprint density at radius 1 is 1.32 bits per heavy atom. The molecule has 4 heteroatoms. The second-order valence-electron chi connectivity index (χ2n) is 5.95. The maximum Gasteiger partial charge on any atom is 0.254 e. The highest BCUT2D eigenvalue weighted by Crippen LogP contribution is 2.28. The summed E-state index contributed by atoms with van der Waals surface area (Å²) in [4.78, 5) is 14.9. The van der Waals surface area contributed by atoms with E-state index in [1.165, 1.54) is 12.8 Å². The molecule has 0 saturated carbocycles. The van der Waals surface area contributed by atoms with E-state index in [9.17, 15) is 4.79 Å². The average molecular weight is 268 g/mol. The lowest BCUT2D eigenvalue weighted by atomic mass is 9.90. The van der Waals surface area contributed by atoms with E-state index in [1.54, 1.807) is 7.11 Å². The quantitative estimate of drug-likeness (QED) is 0.848. The zero-order valence-electron chi connectivity index (χ0n) is 12.4. The number of methoxy groups -OCH3 is 1. The molecule has 0 aliphatic carbocycles. The molecule has 0 spiro atoms. The Kier molecular flexibility index (Phi) is 5.22. The predicted molar refractivity (Wildman–Crippen MR) is 76.1 cm³/mol. The molecule has 2 aliphatic rings. The van der Waals surface area contributed by atoms with Crippen LogP contribution in [0.4, 0.5) is 0 Å². The first kappa shape index (κ1) is 14.8. The van der Waals surface area contributed by atoms with Gasteiger partial charge in [0.1, 0.15) is 5.60 Å². The van der Waals surface area contributed by atoms with Crippen LogP contribution < -0.4 is 5.32 Å². The van der Waals surface area contributed by atoms with Crippen molar-refractivity contribution < 1.29 is 9.53 Å². The molecule has 2 saturated heterocycles. The van der Waals surface area contributed by atoms with Crippen LogP contribution in [-0.2, 0) is 9.53 Å². The lowest BCUT2D eigenvalue weighted by Gasteiger charge is -2.38. The van der Waals surface area contributed by atoms with Crippen molar-refractivity contribution in [2.24, 2.45) is 5.92 Å². The SMILES string of the molecule is CCC1CCCN(C(=O)C2(OC)CCNCC2)CC1. The molecule has 1 N–H and O–H groups in total. The molecular formula is C15H28N2O2. The lowest BCUT2D eigenvalue weighted by Crippen LogP contribution is -2.55. The number of carbonyl (C=O) groups excluding carboxylic acids is 1. The zero-order valence-corrected chi connectivity index (χ0v) is 12.4. The molecule has 0 aromatic carbocycles.